The monoisotopic (exact) mass is 292 g/mol. The van der Waals surface area contributed by atoms with Crippen molar-refractivity contribution >= 4 is 5.69 Å². The normalized spacial score (nSPS) is 11.2. The van der Waals surface area contributed by atoms with Crippen LogP contribution in [0.3, 0.4) is 0 Å². The SMILES string of the molecule is C=C(C)CCOc1ccc([N+](=O)[O-])cc1CNC(C)(C)C. The van der Waals surface area contributed by atoms with Crippen LogP contribution in [0.2, 0.25) is 0 Å². The zero-order chi connectivity index (χ0) is 16.0. The van der Waals surface area contributed by atoms with Crippen molar-refractivity contribution in [1.82, 2.24) is 5.32 Å². The number of rotatable bonds is 7. The molecule has 116 valence electrons. The van der Waals surface area contributed by atoms with E-state index in [4.69, 9.17) is 4.74 Å². The first-order valence-electron chi connectivity index (χ1n) is 6.98. The Hall–Kier alpha value is -1.88. The lowest BCUT2D eigenvalue weighted by Gasteiger charge is -2.21. The molecule has 5 nitrogen and oxygen atoms in total. The van der Waals surface area contributed by atoms with Crippen LogP contribution < -0.4 is 10.1 Å². The van der Waals surface area contributed by atoms with Gasteiger partial charge < -0.3 is 10.1 Å². The summed E-state index contributed by atoms with van der Waals surface area (Å²) in [5, 5.41) is 14.2. The van der Waals surface area contributed by atoms with Crippen LogP contribution in [0.25, 0.3) is 0 Å². The van der Waals surface area contributed by atoms with Gasteiger partial charge in [-0.1, -0.05) is 5.57 Å². The molecule has 0 aliphatic rings. The molecule has 0 fully saturated rings. The van der Waals surface area contributed by atoms with Gasteiger partial charge in [-0.2, -0.15) is 0 Å². The van der Waals surface area contributed by atoms with Gasteiger partial charge in [-0.15, -0.1) is 6.58 Å². The summed E-state index contributed by atoms with van der Waals surface area (Å²) in [6.45, 7) is 13.0. The fourth-order valence-corrected chi connectivity index (χ4v) is 1.65. The molecule has 5 heteroatoms. The van der Waals surface area contributed by atoms with Crippen LogP contribution in [0.15, 0.2) is 30.4 Å². The summed E-state index contributed by atoms with van der Waals surface area (Å²) >= 11 is 0. The number of benzene rings is 1. The van der Waals surface area contributed by atoms with Gasteiger partial charge in [0.2, 0.25) is 0 Å². The summed E-state index contributed by atoms with van der Waals surface area (Å²) in [5.41, 5.74) is 1.85. The average Bonchev–Trinajstić information content (AvgIpc) is 2.35. The van der Waals surface area contributed by atoms with Gasteiger partial charge in [-0.3, -0.25) is 10.1 Å². The van der Waals surface area contributed by atoms with Gasteiger partial charge in [0.1, 0.15) is 5.75 Å². The molecule has 1 N–H and O–H groups in total. The minimum Gasteiger partial charge on any atom is -0.493 e. The Balaban J connectivity index is 2.88. The predicted molar refractivity (Wildman–Crippen MR) is 84.6 cm³/mol. The van der Waals surface area contributed by atoms with Crippen molar-refractivity contribution in [3.63, 3.8) is 0 Å². The van der Waals surface area contributed by atoms with E-state index in [1.165, 1.54) is 6.07 Å². The van der Waals surface area contributed by atoms with Crippen molar-refractivity contribution in [1.29, 1.82) is 0 Å². The molecular weight excluding hydrogens is 268 g/mol. The fourth-order valence-electron chi connectivity index (χ4n) is 1.65. The summed E-state index contributed by atoms with van der Waals surface area (Å²) in [5.74, 6) is 0.679. The van der Waals surface area contributed by atoms with E-state index in [0.29, 0.717) is 18.9 Å². The third kappa shape index (κ3) is 6.40. The first kappa shape index (κ1) is 17.2. The van der Waals surface area contributed by atoms with Crippen LogP contribution in [-0.4, -0.2) is 17.1 Å². The van der Waals surface area contributed by atoms with Crippen LogP contribution in [0.5, 0.6) is 5.75 Å². The van der Waals surface area contributed by atoms with Crippen molar-refractivity contribution in [3.8, 4) is 5.75 Å². The second kappa shape index (κ2) is 7.22. The number of nitro groups is 1. The smallest absolute Gasteiger partial charge is 0.270 e. The predicted octanol–water partition coefficient (Wildman–Crippen LogP) is 3.83. The standard InChI is InChI=1S/C16H24N2O3/c1-12(2)8-9-21-15-7-6-14(18(19)20)10-13(15)11-17-16(3,4)5/h6-7,10,17H,1,8-9,11H2,2-5H3. The Morgan fingerprint density at radius 3 is 2.62 bits per heavy atom. The zero-order valence-corrected chi connectivity index (χ0v) is 13.2. The van der Waals surface area contributed by atoms with E-state index >= 15 is 0 Å². The highest BCUT2D eigenvalue weighted by Gasteiger charge is 2.15. The first-order chi connectivity index (χ1) is 9.69. The van der Waals surface area contributed by atoms with Crippen LogP contribution in [0.1, 0.15) is 39.7 Å². The Morgan fingerprint density at radius 2 is 2.10 bits per heavy atom. The summed E-state index contributed by atoms with van der Waals surface area (Å²) in [6.07, 6.45) is 0.767. The highest BCUT2D eigenvalue weighted by atomic mass is 16.6. The van der Waals surface area contributed by atoms with Crippen LogP contribution >= 0.6 is 0 Å². The minimum atomic E-state index is -0.391. The Labute approximate surface area is 126 Å². The first-order valence-corrected chi connectivity index (χ1v) is 6.98. The molecule has 0 aliphatic carbocycles. The van der Waals surface area contributed by atoms with Gasteiger partial charge in [0.25, 0.3) is 5.69 Å². The number of nitro benzene ring substituents is 1. The van der Waals surface area contributed by atoms with Crippen molar-refractivity contribution in [3.05, 3.63) is 46.0 Å². The van der Waals surface area contributed by atoms with Crippen molar-refractivity contribution < 1.29 is 9.66 Å². The van der Waals surface area contributed by atoms with Crippen LogP contribution in [-0.2, 0) is 6.54 Å². The third-order valence-corrected chi connectivity index (χ3v) is 2.85. The maximum absolute atomic E-state index is 10.9. The molecule has 0 bridgehead atoms. The van der Waals surface area contributed by atoms with Crippen LogP contribution in [0.4, 0.5) is 5.69 Å². The van der Waals surface area contributed by atoms with Gasteiger partial charge >= 0.3 is 0 Å². The maximum atomic E-state index is 10.9. The zero-order valence-electron chi connectivity index (χ0n) is 13.2. The van der Waals surface area contributed by atoms with Gasteiger partial charge in [0.15, 0.2) is 0 Å². The highest BCUT2D eigenvalue weighted by molar-refractivity contribution is 5.43. The number of non-ortho nitro benzene ring substituents is 1. The summed E-state index contributed by atoms with van der Waals surface area (Å²) in [4.78, 5) is 10.5. The van der Waals surface area contributed by atoms with E-state index in [1.54, 1.807) is 12.1 Å². The molecule has 0 radical (unpaired) electrons. The van der Waals surface area contributed by atoms with E-state index in [-0.39, 0.29) is 11.2 Å². The molecule has 1 aromatic rings. The summed E-state index contributed by atoms with van der Waals surface area (Å²) in [7, 11) is 0. The largest absolute Gasteiger partial charge is 0.493 e. The topological polar surface area (TPSA) is 64.4 Å². The fraction of sp³-hybridized carbons (Fsp3) is 0.500. The molecule has 1 rings (SSSR count). The molecule has 0 heterocycles. The molecule has 21 heavy (non-hydrogen) atoms. The number of ether oxygens (including phenoxy) is 1. The molecule has 0 amide bonds. The molecule has 0 unspecified atom stereocenters. The van der Waals surface area contributed by atoms with E-state index in [1.807, 2.05) is 27.7 Å². The number of hydrogen-bond acceptors (Lipinski definition) is 4. The lowest BCUT2D eigenvalue weighted by Crippen LogP contribution is -2.35. The van der Waals surface area contributed by atoms with Gasteiger partial charge in [0, 0.05) is 36.2 Å². The second-order valence-corrected chi connectivity index (χ2v) is 6.21. The van der Waals surface area contributed by atoms with Crippen molar-refractivity contribution in [2.75, 3.05) is 6.61 Å². The number of nitrogens with zero attached hydrogens (tertiary/aromatic N) is 1. The van der Waals surface area contributed by atoms with Crippen molar-refractivity contribution in [2.45, 2.75) is 46.2 Å². The lowest BCUT2D eigenvalue weighted by molar-refractivity contribution is -0.384. The molecule has 0 saturated heterocycles. The average molecular weight is 292 g/mol. The van der Waals surface area contributed by atoms with Crippen LogP contribution in [0, 0.1) is 10.1 Å². The third-order valence-electron chi connectivity index (χ3n) is 2.85. The van der Waals surface area contributed by atoms with Gasteiger partial charge in [-0.05, 0) is 33.8 Å². The maximum Gasteiger partial charge on any atom is 0.270 e. The minimum absolute atomic E-state index is 0.0698. The Bertz CT molecular complexity index is 519. The summed E-state index contributed by atoms with van der Waals surface area (Å²) < 4.78 is 5.72. The van der Waals surface area contributed by atoms with E-state index in [9.17, 15) is 10.1 Å². The van der Waals surface area contributed by atoms with Gasteiger partial charge in [0.05, 0.1) is 11.5 Å². The Morgan fingerprint density at radius 1 is 1.43 bits per heavy atom. The second-order valence-electron chi connectivity index (χ2n) is 6.21. The molecule has 0 saturated carbocycles. The Kier molecular flexibility index (Phi) is 5.90. The van der Waals surface area contributed by atoms with Crippen molar-refractivity contribution in [2.24, 2.45) is 0 Å². The molecule has 1 aromatic carbocycles. The quantitative estimate of drug-likeness (QED) is 0.471. The molecule has 0 atom stereocenters. The van der Waals surface area contributed by atoms with Gasteiger partial charge in [-0.25, -0.2) is 0 Å². The number of hydrogen-bond donors (Lipinski definition) is 1. The van der Waals surface area contributed by atoms with E-state index < -0.39 is 4.92 Å². The number of nitrogens with one attached hydrogen (secondary N) is 1. The molecule has 0 aliphatic heterocycles. The van der Waals surface area contributed by atoms with E-state index in [2.05, 4.69) is 11.9 Å². The molecule has 0 spiro atoms. The highest BCUT2D eigenvalue weighted by Crippen LogP contribution is 2.25. The molecular formula is C16H24N2O3. The lowest BCUT2D eigenvalue weighted by atomic mass is 10.1. The molecule has 0 aromatic heterocycles. The summed E-state index contributed by atoms with van der Waals surface area (Å²) in [6, 6.07) is 4.70. The van der Waals surface area contributed by atoms with E-state index in [0.717, 1.165) is 17.6 Å².